The van der Waals surface area contributed by atoms with Crippen LogP contribution in [0.25, 0.3) is 17.1 Å². The first kappa shape index (κ1) is 26.5. The van der Waals surface area contributed by atoms with E-state index < -0.39 is 0 Å². The van der Waals surface area contributed by atoms with Gasteiger partial charge in [-0.15, -0.1) is 10.2 Å². The van der Waals surface area contributed by atoms with Crippen molar-refractivity contribution in [1.29, 1.82) is 0 Å². The molecule has 0 aliphatic rings. The first-order valence-electron chi connectivity index (χ1n) is 11.0. The molecule has 1 amide bonds. The molecule has 0 atom stereocenters. The summed E-state index contributed by atoms with van der Waals surface area (Å²) in [7, 11) is 3.23. The van der Waals surface area contributed by atoms with Crippen molar-refractivity contribution in [3.8, 4) is 28.6 Å². The molecule has 0 unspecified atom stereocenters. The number of hydrazone groups is 1. The smallest absolute Gasteiger partial charge is 0.250 e. The van der Waals surface area contributed by atoms with Crippen molar-refractivity contribution in [3.05, 3.63) is 82.3 Å². The maximum atomic E-state index is 12.6. The lowest BCUT2D eigenvalue weighted by Gasteiger charge is -2.11. The van der Waals surface area contributed by atoms with Crippen molar-refractivity contribution in [1.82, 2.24) is 20.2 Å². The summed E-state index contributed by atoms with van der Waals surface area (Å²) >= 11 is 13.3. The Morgan fingerprint density at radius 3 is 2.22 bits per heavy atom. The molecule has 0 aliphatic heterocycles. The van der Waals surface area contributed by atoms with Crippen molar-refractivity contribution < 1.29 is 14.3 Å². The summed E-state index contributed by atoms with van der Waals surface area (Å²) < 4.78 is 12.4. The first-order valence-corrected chi connectivity index (χ1v) is 12.8. The molecule has 4 rings (SSSR count). The minimum Gasteiger partial charge on any atom is -0.497 e. The van der Waals surface area contributed by atoms with Crippen molar-refractivity contribution in [2.45, 2.75) is 12.1 Å². The van der Waals surface area contributed by atoms with E-state index in [0.717, 1.165) is 28.3 Å². The summed E-state index contributed by atoms with van der Waals surface area (Å²) in [6.45, 7) is 1.77. The monoisotopic (exact) mass is 555 g/mol. The van der Waals surface area contributed by atoms with Crippen LogP contribution in [0.15, 0.2) is 77.0 Å². The van der Waals surface area contributed by atoms with E-state index in [4.69, 9.17) is 32.7 Å². The van der Waals surface area contributed by atoms with Crippen LogP contribution < -0.4 is 14.9 Å². The molecule has 37 heavy (non-hydrogen) atoms. The Morgan fingerprint density at radius 1 is 0.946 bits per heavy atom. The summed E-state index contributed by atoms with van der Waals surface area (Å²) in [4.78, 5) is 12.6. The molecule has 0 saturated heterocycles. The molecular formula is C26H23Cl2N5O3S. The molecule has 8 nitrogen and oxygen atoms in total. The lowest BCUT2D eigenvalue weighted by atomic mass is 10.1. The number of nitrogens with one attached hydrogen (secondary N) is 1. The maximum Gasteiger partial charge on any atom is 0.250 e. The van der Waals surface area contributed by atoms with Gasteiger partial charge in [0.15, 0.2) is 11.0 Å². The molecular weight excluding hydrogens is 533 g/mol. The first-order chi connectivity index (χ1) is 17.9. The maximum absolute atomic E-state index is 12.6. The van der Waals surface area contributed by atoms with Crippen LogP contribution in [0.1, 0.15) is 12.5 Å². The number of thioether (sulfide) groups is 1. The third-order valence-electron chi connectivity index (χ3n) is 5.33. The summed E-state index contributed by atoms with van der Waals surface area (Å²) in [5, 5.41) is 14.4. The van der Waals surface area contributed by atoms with Gasteiger partial charge >= 0.3 is 0 Å². The quantitative estimate of drug-likeness (QED) is 0.157. The molecule has 190 valence electrons. The van der Waals surface area contributed by atoms with Crippen molar-refractivity contribution in [2.75, 3.05) is 20.0 Å². The predicted octanol–water partition coefficient (Wildman–Crippen LogP) is 5.89. The minimum atomic E-state index is -0.292. The normalized spacial score (nSPS) is 11.3. The van der Waals surface area contributed by atoms with Crippen LogP contribution in [0, 0.1) is 0 Å². The molecule has 1 aromatic heterocycles. The van der Waals surface area contributed by atoms with Gasteiger partial charge in [0.2, 0.25) is 0 Å². The van der Waals surface area contributed by atoms with Crippen LogP contribution in [0.5, 0.6) is 11.5 Å². The largest absolute Gasteiger partial charge is 0.497 e. The molecule has 0 radical (unpaired) electrons. The third-order valence-corrected chi connectivity index (χ3v) is 7.00. The number of hydrogen-bond donors (Lipinski definition) is 1. The van der Waals surface area contributed by atoms with E-state index >= 15 is 0 Å². The zero-order chi connectivity index (χ0) is 26.4. The molecule has 0 bridgehead atoms. The van der Waals surface area contributed by atoms with E-state index in [9.17, 15) is 4.79 Å². The number of rotatable bonds is 9. The van der Waals surface area contributed by atoms with E-state index in [1.807, 2.05) is 53.1 Å². The third kappa shape index (κ3) is 6.43. The molecule has 0 saturated carbocycles. The Hall–Kier alpha value is -3.53. The van der Waals surface area contributed by atoms with E-state index in [1.54, 1.807) is 39.3 Å². The molecule has 11 heteroatoms. The van der Waals surface area contributed by atoms with Gasteiger partial charge in [0.1, 0.15) is 11.5 Å². The van der Waals surface area contributed by atoms with Crippen LogP contribution in [-0.2, 0) is 4.79 Å². The molecule has 0 fully saturated rings. The van der Waals surface area contributed by atoms with Gasteiger partial charge in [0.25, 0.3) is 5.91 Å². The van der Waals surface area contributed by atoms with E-state index in [1.165, 1.54) is 11.8 Å². The van der Waals surface area contributed by atoms with Gasteiger partial charge in [-0.2, -0.15) is 5.10 Å². The molecule has 0 spiro atoms. The highest BCUT2D eigenvalue weighted by Crippen LogP contribution is 2.30. The zero-order valence-electron chi connectivity index (χ0n) is 20.2. The number of ether oxygens (including phenoxy) is 2. The Morgan fingerprint density at radius 2 is 1.59 bits per heavy atom. The number of carbonyl (C=O) groups excluding carboxylic acids is 1. The van der Waals surface area contributed by atoms with Gasteiger partial charge in [-0.1, -0.05) is 41.0 Å². The van der Waals surface area contributed by atoms with Gasteiger partial charge < -0.3 is 9.47 Å². The number of benzene rings is 3. The van der Waals surface area contributed by atoms with Crippen LogP contribution in [0.2, 0.25) is 10.0 Å². The van der Waals surface area contributed by atoms with Gasteiger partial charge in [-0.3, -0.25) is 9.36 Å². The Bertz CT molecular complexity index is 1420. The highest BCUT2D eigenvalue weighted by Gasteiger charge is 2.18. The summed E-state index contributed by atoms with van der Waals surface area (Å²) in [6, 6.07) is 20.2. The van der Waals surface area contributed by atoms with Gasteiger partial charge in [-0.25, -0.2) is 5.43 Å². The van der Waals surface area contributed by atoms with Gasteiger partial charge in [0, 0.05) is 11.3 Å². The second kappa shape index (κ2) is 12.1. The number of aromatic nitrogens is 3. The molecule has 1 heterocycles. The fourth-order valence-corrected chi connectivity index (χ4v) is 4.39. The topological polar surface area (TPSA) is 90.6 Å². The van der Waals surface area contributed by atoms with E-state index in [0.29, 0.717) is 26.7 Å². The van der Waals surface area contributed by atoms with Crippen molar-refractivity contribution in [3.63, 3.8) is 0 Å². The van der Waals surface area contributed by atoms with E-state index in [2.05, 4.69) is 20.7 Å². The molecule has 4 aromatic rings. The Balaban J connectivity index is 1.54. The second-order valence-corrected chi connectivity index (χ2v) is 9.47. The molecule has 0 aliphatic carbocycles. The highest BCUT2D eigenvalue weighted by molar-refractivity contribution is 7.99. The molecule has 3 aromatic carbocycles. The number of methoxy groups -OCH3 is 2. The van der Waals surface area contributed by atoms with Gasteiger partial charge in [-0.05, 0) is 73.2 Å². The fraction of sp³-hybridized carbons (Fsp3) is 0.154. The lowest BCUT2D eigenvalue weighted by molar-refractivity contribution is -0.118. The van der Waals surface area contributed by atoms with Crippen LogP contribution in [0.4, 0.5) is 0 Å². The second-order valence-electron chi connectivity index (χ2n) is 7.72. The number of carbonyl (C=O) groups is 1. The van der Waals surface area contributed by atoms with Crippen LogP contribution in [0.3, 0.4) is 0 Å². The predicted molar refractivity (Wildman–Crippen MR) is 147 cm³/mol. The number of halogens is 2. The molecule has 1 N–H and O–H groups in total. The Labute approximate surface area is 228 Å². The van der Waals surface area contributed by atoms with Crippen molar-refractivity contribution in [2.24, 2.45) is 5.10 Å². The average Bonchev–Trinajstić information content (AvgIpc) is 3.36. The Kier molecular flexibility index (Phi) is 8.70. The van der Waals surface area contributed by atoms with E-state index in [-0.39, 0.29) is 11.7 Å². The van der Waals surface area contributed by atoms with Gasteiger partial charge in [0.05, 0.1) is 35.7 Å². The van der Waals surface area contributed by atoms with Crippen molar-refractivity contribution >= 4 is 46.6 Å². The summed E-state index contributed by atoms with van der Waals surface area (Å²) in [5.41, 5.74) is 5.60. The average molecular weight is 556 g/mol. The highest BCUT2D eigenvalue weighted by atomic mass is 35.5. The standard InChI is InChI=1S/C26H23Cl2N5O3S/c1-16(18-6-13-22(27)23(28)14-18)29-30-24(34)15-37-26-32-31-25(17-4-9-20(35-2)10-5-17)33(26)19-7-11-21(36-3)12-8-19/h4-14H,15H2,1-3H3,(H,30,34)/b29-16-. The number of hydrogen-bond acceptors (Lipinski definition) is 7. The lowest BCUT2D eigenvalue weighted by Crippen LogP contribution is -2.21. The zero-order valence-corrected chi connectivity index (χ0v) is 22.6. The minimum absolute atomic E-state index is 0.0784. The van der Waals surface area contributed by atoms with Crippen LogP contribution in [-0.4, -0.2) is 46.4 Å². The number of amides is 1. The summed E-state index contributed by atoms with van der Waals surface area (Å²) in [5.74, 6) is 1.88. The summed E-state index contributed by atoms with van der Waals surface area (Å²) in [6.07, 6.45) is 0. The number of nitrogens with zero attached hydrogens (tertiary/aromatic N) is 4. The SMILES string of the molecule is COc1ccc(-c2nnc(SCC(=O)N/N=C(/C)c3ccc(Cl)c(Cl)c3)n2-c2ccc(OC)cc2)cc1. The fourth-order valence-electron chi connectivity index (χ4n) is 3.35. The van der Waals surface area contributed by atoms with Crippen LogP contribution >= 0.6 is 35.0 Å².